The monoisotopic (exact) mass is 397 g/mol. The van der Waals surface area contributed by atoms with E-state index >= 15 is 0 Å². The average molecular weight is 397 g/mol. The van der Waals surface area contributed by atoms with Crippen molar-refractivity contribution >= 4 is 15.9 Å². The topological polar surface area (TPSA) is 62.6 Å². The lowest BCUT2D eigenvalue weighted by atomic mass is 10.2. The minimum absolute atomic E-state index is 0.0435. The van der Waals surface area contributed by atoms with Crippen LogP contribution in [0.1, 0.15) is 44.1 Å². The third kappa shape index (κ3) is 5.47. The van der Waals surface area contributed by atoms with Crippen molar-refractivity contribution in [2.24, 2.45) is 7.05 Å². The molecule has 0 saturated heterocycles. The van der Waals surface area contributed by atoms with Crippen molar-refractivity contribution < 1.29 is 26.4 Å². The third-order valence-corrected chi connectivity index (χ3v) is 6.00. The summed E-state index contributed by atoms with van der Waals surface area (Å²) in [7, 11) is -2.35. The molecule has 26 heavy (non-hydrogen) atoms. The first kappa shape index (κ1) is 22.5. The lowest BCUT2D eigenvalue weighted by Crippen LogP contribution is -2.40. The summed E-state index contributed by atoms with van der Waals surface area (Å²) >= 11 is 0. The zero-order valence-electron chi connectivity index (χ0n) is 15.5. The first-order chi connectivity index (χ1) is 12.0. The molecule has 0 radical (unpaired) electrons. The second-order valence-electron chi connectivity index (χ2n) is 5.96. The third-order valence-electron chi connectivity index (χ3n) is 3.98. The second-order valence-corrected chi connectivity index (χ2v) is 7.89. The Balaban J connectivity index is 3.21. The summed E-state index contributed by atoms with van der Waals surface area (Å²) in [5.41, 5.74) is -0.0870. The van der Waals surface area contributed by atoms with Gasteiger partial charge in [-0.3, -0.25) is 4.79 Å². The first-order valence-electron chi connectivity index (χ1n) is 8.50. The molecule has 0 aliphatic rings. The fourth-order valence-corrected chi connectivity index (χ4v) is 4.11. The first-order valence-corrected chi connectivity index (χ1v) is 9.94. The standard InChI is InChI=1S/C16H26F3N3O3S/c1-5-8-9-21(12-16(17,18)19)15(23)14-10-13(11-20(14)4)26(24,25)22(6-2)7-3/h10-11H,5-9,12H2,1-4H3. The number of nitrogens with zero attached hydrogens (tertiary/aromatic N) is 3. The Kier molecular flexibility index (Phi) is 7.70. The summed E-state index contributed by atoms with van der Waals surface area (Å²) in [6.45, 7) is 4.29. The van der Waals surface area contributed by atoms with E-state index in [4.69, 9.17) is 0 Å². The van der Waals surface area contributed by atoms with E-state index in [0.29, 0.717) is 17.7 Å². The minimum atomic E-state index is -4.52. The van der Waals surface area contributed by atoms with E-state index in [-0.39, 0.29) is 30.2 Å². The number of hydrogen-bond acceptors (Lipinski definition) is 3. The van der Waals surface area contributed by atoms with Gasteiger partial charge in [0.1, 0.15) is 17.1 Å². The van der Waals surface area contributed by atoms with Gasteiger partial charge in [-0.15, -0.1) is 0 Å². The molecule has 0 atom stereocenters. The van der Waals surface area contributed by atoms with E-state index in [1.807, 2.05) is 6.92 Å². The molecule has 1 rings (SSSR count). The van der Waals surface area contributed by atoms with E-state index in [9.17, 15) is 26.4 Å². The van der Waals surface area contributed by atoms with Crippen LogP contribution in [0.5, 0.6) is 0 Å². The highest BCUT2D eigenvalue weighted by Crippen LogP contribution is 2.22. The highest BCUT2D eigenvalue weighted by molar-refractivity contribution is 7.89. The van der Waals surface area contributed by atoms with Gasteiger partial charge >= 0.3 is 6.18 Å². The Morgan fingerprint density at radius 2 is 1.77 bits per heavy atom. The fraction of sp³-hybridized carbons (Fsp3) is 0.688. The number of unbranched alkanes of at least 4 members (excludes halogenated alkanes) is 1. The quantitative estimate of drug-likeness (QED) is 0.644. The lowest BCUT2D eigenvalue weighted by molar-refractivity contribution is -0.140. The molecule has 1 aromatic rings. The molecule has 0 unspecified atom stereocenters. The summed E-state index contributed by atoms with van der Waals surface area (Å²) in [6.07, 6.45) is -2.20. The molecule has 1 heterocycles. The number of aryl methyl sites for hydroxylation is 1. The Morgan fingerprint density at radius 1 is 1.19 bits per heavy atom. The predicted octanol–water partition coefficient (Wildman–Crippen LogP) is 2.86. The smallest absolute Gasteiger partial charge is 0.345 e. The summed E-state index contributed by atoms with van der Waals surface area (Å²) in [5.74, 6) is -0.834. The molecule has 0 fully saturated rings. The van der Waals surface area contributed by atoms with Crippen molar-refractivity contribution in [1.29, 1.82) is 0 Å². The van der Waals surface area contributed by atoms with Gasteiger partial charge in [0.05, 0.1) is 0 Å². The van der Waals surface area contributed by atoms with Crippen LogP contribution >= 0.6 is 0 Å². The van der Waals surface area contributed by atoms with E-state index in [1.165, 1.54) is 22.1 Å². The maximum absolute atomic E-state index is 12.8. The Hall–Kier alpha value is -1.55. The number of alkyl halides is 3. The van der Waals surface area contributed by atoms with Crippen LogP contribution in [0.25, 0.3) is 0 Å². The van der Waals surface area contributed by atoms with Crippen LogP contribution in [0.15, 0.2) is 17.2 Å². The molecule has 0 N–H and O–H groups in total. The normalized spacial score (nSPS) is 12.6. The number of sulfonamides is 1. The van der Waals surface area contributed by atoms with Gasteiger partial charge in [0.25, 0.3) is 5.91 Å². The minimum Gasteiger partial charge on any atom is -0.345 e. The number of rotatable bonds is 9. The zero-order chi connectivity index (χ0) is 20.1. The maximum atomic E-state index is 12.8. The predicted molar refractivity (Wildman–Crippen MR) is 92.4 cm³/mol. The van der Waals surface area contributed by atoms with Gasteiger partial charge in [-0.1, -0.05) is 27.2 Å². The van der Waals surface area contributed by atoms with Crippen LogP contribution in [-0.4, -0.2) is 60.5 Å². The van der Waals surface area contributed by atoms with Crippen LogP contribution in [0.4, 0.5) is 13.2 Å². The largest absolute Gasteiger partial charge is 0.406 e. The molecular weight excluding hydrogens is 371 g/mol. The number of carbonyl (C=O) groups excluding carboxylic acids is 1. The molecule has 6 nitrogen and oxygen atoms in total. The number of aromatic nitrogens is 1. The molecule has 0 aromatic carbocycles. The molecular formula is C16H26F3N3O3S. The van der Waals surface area contributed by atoms with Crippen LogP contribution in [-0.2, 0) is 17.1 Å². The van der Waals surface area contributed by atoms with E-state index in [1.54, 1.807) is 13.8 Å². The van der Waals surface area contributed by atoms with Crippen molar-refractivity contribution in [1.82, 2.24) is 13.8 Å². The average Bonchev–Trinajstić information content (AvgIpc) is 2.93. The Bertz CT molecular complexity index is 710. The molecule has 1 aromatic heterocycles. The summed E-state index contributed by atoms with van der Waals surface area (Å²) in [6, 6.07) is 1.14. The van der Waals surface area contributed by atoms with E-state index < -0.39 is 28.7 Å². The second kappa shape index (κ2) is 8.90. The Morgan fingerprint density at radius 3 is 2.23 bits per heavy atom. The number of hydrogen-bond donors (Lipinski definition) is 0. The van der Waals surface area contributed by atoms with Gasteiger partial charge in [0.2, 0.25) is 10.0 Å². The fourth-order valence-electron chi connectivity index (χ4n) is 2.58. The molecule has 0 bridgehead atoms. The van der Waals surface area contributed by atoms with Gasteiger partial charge in [0, 0.05) is 32.9 Å². The molecule has 0 saturated carbocycles. The van der Waals surface area contributed by atoms with Gasteiger partial charge in [-0.25, -0.2) is 8.42 Å². The summed E-state index contributed by atoms with van der Waals surface area (Å²) < 4.78 is 66.0. The molecule has 10 heteroatoms. The molecule has 150 valence electrons. The van der Waals surface area contributed by atoms with Crippen molar-refractivity contribution in [3.63, 3.8) is 0 Å². The summed E-state index contributed by atoms with van der Waals surface area (Å²) in [4.78, 5) is 13.2. The zero-order valence-corrected chi connectivity index (χ0v) is 16.3. The maximum Gasteiger partial charge on any atom is 0.406 e. The SMILES string of the molecule is CCCCN(CC(F)(F)F)C(=O)c1cc(S(=O)(=O)N(CC)CC)cn1C. The van der Waals surface area contributed by atoms with Gasteiger partial charge < -0.3 is 9.47 Å². The van der Waals surface area contributed by atoms with Crippen molar-refractivity contribution in [2.75, 3.05) is 26.2 Å². The van der Waals surface area contributed by atoms with Crippen molar-refractivity contribution in [3.8, 4) is 0 Å². The van der Waals surface area contributed by atoms with Gasteiger partial charge in [-0.05, 0) is 12.5 Å². The van der Waals surface area contributed by atoms with Gasteiger partial charge in [-0.2, -0.15) is 17.5 Å². The van der Waals surface area contributed by atoms with Crippen molar-refractivity contribution in [2.45, 2.75) is 44.7 Å². The Labute approximate surface area is 152 Å². The van der Waals surface area contributed by atoms with Crippen LogP contribution in [0, 0.1) is 0 Å². The van der Waals surface area contributed by atoms with Crippen LogP contribution < -0.4 is 0 Å². The number of halogens is 3. The molecule has 1 amide bonds. The lowest BCUT2D eigenvalue weighted by Gasteiger charge is -2.24. The highest BCUT2D eigenvalue weighted by atomic mass is 32.2. The van der Waals surface area contributed by atoms with Crippen LogP contribution in [0.2, 0.25) is 0 Å². The van der Waals surface area contributed by atoms with Crippen LogP contribution in [0.3, 0.4) is 0 Å². The van der Waals surface area contributed by atoms with E-state index in [0.717, 1.165) is 6.07 Å². The number of carbonyl (C=O) groups is 1. The highest BCUT2D eigenvalue weighted by Gasteiger charge is 2.34. The molecule has 0 aliphatic carbocycles. The van der Waals surface area contributed by atoms with Crippen molar-refractivity contribution in [3.05, 3.63) is 18.0 Å². The molecule has 0 aliphatic heterocycles. The van der Waals surface area contributed by atoms with E-state index in [2.05, 4.69) is 0 Å². The molecule has 0 spiro atoms. The van der Waals surface area contributed by atoms with Gasteiger partial charge in [0.15, 0.2) is 0 Å². The summed E-state index contributed by atoms with van der Waals surface area (Å²) in [5, 5.41) is 0. The number of amides is 1.